The van der Waals surface area contributed by atoms with Crippen LogP contribution >= 0.6 is 0 Å². The maximum atomic E-state index is 5.29. The molecule has 0 aromatic rings. The smallest absolute Gasteiger partial charge is 0.0488 e. The number of hydrogen-bond acceptors (Lipinski definition) is 2. The highest BCUT2D eigenvalue weighted by Gasteiger charge is 2.23. The average Bonchev–Trinajstić information content (AvgIpc) is 2.63. The number of ether oxygens (including phenoxy) is 1. The third-order valence-electron chi connectivity index (χ3n) is 4.23. The van der Waals surface area contributed by atoms with Gasteiger partial charge in [-0.15, -0.1) is 0 Å². The largest absolute Gasteiger partial charge is 0.384 e. The molecule has 0 radical (unpaired) electrons. The van der Waals surface area contributed by atoms with E-state index >= 15 is 0 Å². The quantitative estimate of drug-likeness (QED) is 0.662. The zero-order valence-electron chi connectivity index (χ0n) is 12.7. The van der Waals surface area contributed by atoms with Crippen LogP contribution in [-0.4, -0.2) is 26.3 Å². The normalized spacial score (nSPS) is 21.5. The topological polar surface area (TPSA) is 21.3 Å². The van der Waals surface area contributed by atoms with Crippen molar-refractivity contribution in [1.82, 2.24) is 5.32 Å². The molecule has 0 aromatic carbocycles. The Balaban J connectivity index is 2.46. The first-order valence-electron chi connectivity index (χ1n) is 8.00. The second kappa shape index (κ2) is 9.80. The number of nitrogens with one attached hydrogen (secondary N) is 1. The summed E-state index contributed by atoms with van der Waals surface area (Å²) in [6, 6.07) is 0.716. The molecule has 0 bridgehead atoms. The summed E-state index contributed by atoms with van der Waals surface area (Å²) in [6.07, 6.45) is 11.2. The van der Waals surface area contributed by atoms with Crippen LogP contribution in [0.5, 0.6) is 0 Å². The van der Waals surface area contributed by atoms with Gasteiger partial charge in [-0.25, -0.2) is 0 Å². The number of hydrogen-bond donors (Lipinski definition) is 1. The number of rotatable bonds is 8. The monoisotopic (exact) mass is 255 g/mol. The fourth-order valence-corrected chi connectivity index (χ4v) is 3.27. The Morgan fingerprint density at radius 1 is 1.17 bits per heavy atom. The summed E-state index contributed by atoms with van der Waals surface area (Å²) in [6.45, 7) is 6.65. The summed E-state index contributed by atoms with van der Waals surface area (Å²) in [4.78, 5) is 0. The third kappa shape index (κ3) is 6.19. The van der Waals surface area contributed by atoms with Gasteiger partial charge in [-0.3, -0.25) is 0 Å². The molecule has 1 aliphatic rings. The van der Waals surface area contributed by atoms with Gasteiger partial charge in [0.15, 0.2) is 0 Å². The lowest BCUT2D eigenvalue weighted by Crippen LogP contribution is -2.38. The van der Waals surface area contributed by atoms with Crippen molar-refractivity contribution >= 4 is 0 Å². The van der Waals surface area contributed by atoms with Crippen molar-refractivity contribution in [1.29, 1.82) is 0 Å². The summed E-state index contributed by atoms with van der Waals surface area (Å²) in [7, 11) is 1.82. The first-order valence-corrected chi connectivity index (χ1v) is 8.00. The Bertz CT molecular complexity index is 188. The standard InChI is InChI=1S/C16H33NO/c1-4-11-17-16(12-14(2)13-18-3)15-9-7-5-6-8-10-15/h14-17H,4-13H2,1-3H3. The van der Waals surface area contributed by atoms with Crippen LogP contribution in [0.2, 0.25) is 0 Å². The van der Waals surface area contributed by atoms with E-state index in [-0.39, 0.29) is 0 Å². The summed E-state index contributed by atoms with van der Waals surface area (Å²) < 4.78 is 5.29. The van der Waals surface area contributed by atoms with Gasteiger partial charge in [0.2, 0.25) is 0 Å². The van der Waals surface area contributed by atoms with E-state index in [1.165, 1.54) is 57.9 Å². The Labute approximate surface area is 114 Å². The molecule has 0 aromatic heterocycles. The van der Waals surface area contributed by atoms with Crippen LogP contribution in [0.3, 0.4) is 0 Å². The van der Waals surface area contributed by atoms with E-state index in [0.717, 1.165) is 12.5 Å². The van der Waals surface area contributed by atoms with Gasteiger partial charge < -0.3 is 10.1 Å². The van der Waals surface area contributed by atoms with Crippen molar-refractivity contribution in [2.24, 2.45) is 11.8 Å². The maximum Gasteiger partial charge on any atom is 0.0488 e. The van der Waals surface area contributed by atoms with Crippen molar-refractivity contribution in [3.8, 4) is 0 Å². The molecule has 18 heavy (non-hydrogen) atoms. The summed E-state index contributed by atoms with van der Waals surface area (Å²) in [5, 5.41) is 3.80. The molecular formula is C16H33NO. The second-order valence-electron chi connectivity index (χ2n) is 6.11. The van der Waals surface area contributed by atoms with Crippen LogP contribution in [0, 0.1) is 11.8 Å². The van der Waals surface area contributed by atoms with E-state index in [0.29, 0.717) is 12.0 Å². The van der Waals surface area contributed by atoms with Gasteiger partial charge in [-0.1, -0.05) is 39.5 Å². The molecule has 1 saturated carbocycles. The minimum absolute atomic E-state index is 0.674. The van der Waals surface area contributed by atoms with E-state index in [4.69, 9.17) is 4.74 Å². The van der Waals surface area contributed by atoms with E-state index in [1.807, 2.05) is 7.11 Å². The van der Waals surface area contributed by atoms with Crippen LogP contribution in [-0.2, 0) is 4.74 Å². The van der Waals surface area contributed by atoms with Crippen molar-refractivity contribution in [2.75, 3.05) is 20.3 Å². The third-order valence-corrected chi connectivity index (χ3v) is 4.23. The van der Waals surface area contributed by atoms with Gasteiger partial charge in [0.1, 0.15) is 0 Å². The fraction of sp³-hybridized carbons (Fsp3) is 1.00. The molecule has 2 atom stereocenters. The predicted octanol–water partition coefficient (Wildman–Crippen LogP) is 4.00. The Morgan fingerprint density at radius 3 is 2.39 bits per heavy atom. The second-order valence-corrected chi connectivity index (χ2v) is 6.11. The summed E-state index contributed by atoms with van der Waals surface area (Å²) in [5.74, 6) is 1.57. The van der Waals surface area contributed by atoms with Gasteiger partial charge in [0.05, 0.1) is 0 Å². The lowest BCUT2D eigenvalue weighted by Gasteiger charge is -2.29. The molecule has 2 nitrogen and oxygen atoms in total. The minimum Gasteiger partial charge on any atom is -0.384 e. The summed E-state index contributed by atoms with van der Waals surface area (Å²) >= 11 is 0. The Morgan fingerprint density at radius 2 is 1.83 bits per heavy atom. The van der Waals surface area contributed by atoms with E-state index in [1.54, 1.807) is 0 Å². The average molecular weight is 255 g/mol. The van der Waals surface area contributed by atoms with Crippen molar-refractivity contribution in [2.45, 2.75) is 71.3 Å². The van der Waals surface area contributed by atoms with Crippen LogP contribution in [0.25, 0.3) is 0 Å². The highest BCUT2D eigenvalue weighted by molar-refractivity contribution is 4.80. The van der Waals surface area contributed by atoms with Crippen molar-refractivity contribution < 1.29 is 4.74 Å². The van der Waals surface area contributed by atoms with E-state index < -0.39 is 0 Å². The van der Waals surface area contributed by atoms with Crippen LogP contribution in [0.15, 0.2) is 0 Å². The van der Waals surface area contributed by atoms with Crippen LogP contribution in [0.1, 0.15) is 65.2 Å². The molecule has 2 heteroatoms. The van der Waals surface area contributed by atoms with Crippen LogP contribution in [0.4, 0.5) is 0 Å². The molecule has 1 fully saturated rings. The van der Waals surface area contributed by atoms with E-state index in [2.05, 4.69) is 19.2 Å². The minimum atomic E-state index is 0.674. The molecule has 0 saturated heterocycles. The first kappa shape index (κ1) is 16.0. The molecule has 1 rings (SSSR count). The highest BCUT2D eigenvalue weighted by Crippen LogP contribution is 2.28. The molecule has 1 aliphatic carbocycles. The summed E-state index contributed by atoms with van der Waals surface area (Å²) in [5.41, 5.74) is 0. The molecule has 0 heterocycles. The zero-order valence-corrected chi connectivity index (χ0v) is 12.7. The van der Waals surface area contributed by atoms with Gasteiger partial charge >= 0.3 is 0 Å². The molecule has 0 spiro atoms. The molecule has 1 N–H and O–H groups in total. The van der Waals surface area contributed by atoms with Crippen LogP contribution < -0.4 is 5.32 Å². The fourth-order valence-electron chi connectivity index (χ4n) is 3.27. The van der Waals surface area contributed by atoms with E-state index in [9.17, 15) is 0 Å². The SMILES string of the molecule is CCCNC(CC(C)COC)C1CCCCCC1. The first-order chi connectivity index (χ1) is 8.77. The van der Waals surface area contributed by atoms with Gasteiger partial charge in [-0.2, -0.15) is 0 Å². The van der Waals surface area contributed by atoms with Gasteiger partial charge in [-0.05, 0) is 44.1 Å². The molecule has 0 amide bonds. The zero-order chi connectivity index (χ0) is 13.2. The molecular weight excluding hydrogens is 222 g/mol. The Hall–Kier alpha value is -0.0800. The lowest BCUT2D eigenvalue weighted by atomic mass is 9.86. The Kier molecular flexibility index (Phi) is 8.70. The maximum absolute atomic E-state index is 5.29. The van der Waals surface area contributed by atoms with Gasteiger partial charge in [0.25, 0.3) is 0 Å². The van der Waals surface area contributed by atoms with Crippen molar-refractivity contribution in [3.63, 3.8) is 0 Å². The molecule has 2 unspecified atom stereocenters. The molecule has 0 aliphatic heterocycles. The highest BCUT2D eigenvalue weighted by atomic mass is 16.5. The number of methoxy groups -OCH3 is 1. The predicted molar refractivity (Wildman–Crippen MR) is 78.9 cm³/mol. The van der Waals surface area contributed by atoms with Gasteiger partial charge in [0, 0.05) is 19.8 Å². The lowest BCUT2D eigenvalue weighted by molar-refractivity contribution is 0.140. The van der Waals surface area contributed by atoms with Crippen molar-refractivity contribution in [3.05, 3.63) is 0 Å². The molecule has 108 valence electrons.